The van der Waals surface area contributed by atoms with Gasteiger partial charge < -0.3 is 5.32 Å². The van der Waals surface area contributed by atoms with Crippen LogP contribution in [0.15, 0.2) is 48.2 Å². The molecule has 0 unspecified atom stereocenters. The Morgan fingerprint density at radius 1 is 1.00 bits per heavy atom. The number of amides is 2. The van der Waals surface area contributed by atoms with E-state index in [9.17, 15) is 18.4 Å². The largest absolute Gasteiger partial charge is 0.350 e. The Hall–Kier alpha value is -2.73. The van der Waals surface area contributed by atoms with Gasteiger partial charge in [-0.3, -0.25) is 14.5 Å². The number of benzene rings is 2. The number of imide groups is 1. The smallest absolute Gasteiger partial charge is 0.278 e. The fourth-order valence-corrected chi connectivity index (χ4v) is 2.71. The van der Waals surface area contributed by atoms with Crippen molar-refractivity contribution in [2.75, 3.05) is 11.9 Å². The molecule has 0 saturated heterocycles. The van der Waals surface area contributed by atoms with E-state index in [1.807, 2.05) is 0 Å². The van der Waals surface area contributed by atoms with Gasteiger partial charge in [0.2, 0.25) is 0 Å². The van der Waals surface area contributed by atoms with Crippen LogP contribution in [0.4, 0.5) is 14.5 Å². The maximum atomic E-state index is 13.4. The molecule has 0 aromatic heterocycles. The van der Waals surface area contributed by atoms with Crippen LogP contribution >= 0.6 is 11.6 Å². The summed E-state index contributed by atoms with van der Waals surface area (Å²) >= 11 is 5.87. The molecule has 25 heavy (non-hydrogen) atoms. The van der Waals surface area contributed by atoms with Gasteiger partial charge in [0.1, 0.15) is 5.70 Å². The zero-order chi connectivity index (χ0) is 18.1. The van der Waals surface area contributed by atoms with Crippen molar-refractivity contribution in [2.45, 2.75) is 6.92 Å². The van der Waals surface area contributed by atoms with Crippen molar-refractivity contribution >= 4 is 34.7 Å². The lowest BCUT2D eigenvalue weighted by Crippen LogP contribution is -2.32. The molecular weight excluding hydrogens is 350 g/mol. The zero-order valence-electron chi connectivity index (χ0n) is 13.1. The van der Waals surface area contributed by atoms with Crippen molar-refractivity contribution in [2.24, 2.45) is 0 Å². The third kappa shape index (κ3) is 3.13. The predicted octanol–water partition coefficient (Wildman–Crippen LogP) is 3.83. The van der Waals surface area contributed by atoms with Crippen molar-refractivity contribution in [3.05, 3.63) is 70.4 Å². The highest BCUT2D eigenvalue weighted by atomic mass is 35.5. The van der Waals surface area contributed by atoms with E-state index in [-0.39, 0.29) is 23.5 Å². The van der Waals surface area contributed by atoms with E-state index in [1.165, 1.54) is 6.07 Å². The zero-order valence-corrected chi connectivity index (χ0v) is 13.9. The van der Waals surface area contributed by atoms with Gasteiger partial charge in [0.25, 0.3) is 11.8 Å². The molecule has 0 aliphatic carbocycles. The minimum absolute atomic E-state index is 0.0141. The van der Waals surface area contributed by atoms with Crippen LogP contribution in [0.5, 0.6) is 0 Å². The average Bonchev–Trinajstić information content (AvgIpc) is 2.82. The molecule has 7 heteroatoms. The average molecular weight is 363 g/mol. The Morgan fingerprint density at radius 3 is 2.28 bits per heavy atom. The van der Waals surface area contributed by atoms with Gasteiger partial charge in [-0.1, -0.05) is 23.7 Å². The van der Waals surface area contributed by atoms with E-state index in [2.05, 4.69) is 5.32 Å². The molecule has 2 aromatic carbocycles. The van der Waals surface area contributed by atoms with E-state index in [0.29, 0.717) is 10.6 Å². The number of anilines is 1. The summed E-state index contributed by atoms with van der Waals surface area (Å²) in [6.07, 6.45) is 0. The normalized spacial score (nSPS) is 14.5. The number of likely N-dealkylation sites (N-methyl/N-ethyl adjacent to an activating group) is 1. The van der Waals surface area contributed by atoms with Crippen molar-refractivity contribution in [3.8, 4) is 0 Å². The summed E-state index contributed by atoms with van der Waals surface area (Å²) in [5.41, 5.74) is 0.844. The van der Waals surface area contributed by atoms with E-state index in [0.717, 1.165) is 17.0 Å². The topological polar surface area (TPSA) is 49.4 Å². The monoisotopic (exact) mass is 362 g/mol. The van der Waals surface area contributed by atoms with Crippen molar-refractivity contribution in [1.29, 1.82) is 0 Å². The van der Waals surface area contributed by atoms with Gasteiger partial charge in [0, 0.05) is 23.3 Å². The van der Waals surface area contributed by atoms with Crippen LogP contribution < -0.4 is 5.32 Å². The lowest BCUT2D eigenvalue weighted by atomic mass is 10.0. The lowest BCUT2D eigenvalue weighted by molar-refractivity contribution is -0.136. The SMILES string of the molecule is CCN1C(=O)C(Nc2ccc(F)c(F)c2)=C(c2ccc(Cl)cc2)C1=O. The quantitative estimate of drug-likeness (QED) is 0.841. The fourth-order valence-electron chi connectivity index (χ4n) is 2.58. The first-order chi connectivity index (χ1) is 11.9. The third-order valence-electron chi connectivity index (χ3n) is 3.81. The number of hydrogen-bond acceptors (Lipinski definition) is 3. The maximum Gasteiger partial charge on any atom is 0.278 e. The summed E-state index contributed by atoms with van der Waals surface area (Å²) in [6, 6.07) is 9.60. The lowest BCUT2D eigenvalue weighted by Gasteiger charge is -2.12. The molecule has 0 saturated carbocycles. The van der Waals surface area contributed by atoms with Crippen LogP contribution in [0.2, 0.25) is 5.02 Å². The van der Waals surface area contributed by atoms with E-state index < -0.39 is 23.4 Å². The van der Waals surface area contributed by atoms with E-state index in [4.69, 9.17) is 11.6 Å². The summed E-state index contributed by atoms with van der Waals surface area (Å²) in [7, 11) is 0. The molecule has 4 nitrogen and oxygen atoms in total. The number of halogens is 3. The van der Waals surface area contributed by atoms with Gasteiger partial charge in [-0.2, -0.15) is 0 Å². The van der Waals surface area contributed by atoms with Gasteiger partial charge >= 0.3 is 0 Å². The summed E-state index contributed by atoms with van der Waals surface area (Å²) in [6.45, 7) is 1.87. The molecule has 0 bridgehead atoms. The van der Waals surface area contributed by atoms with E-state index in [1.54, 1.807) is 31.2 Å². The molecule has 128 valence electrons. The fraction of sp³-hybridized carbons (Fsp3) is 0.111. The second-order valence-electron chi connectivity index (χ2n) is 5.37. The van der Waals surface area contributed by atoms with Crippen LogP contribution in [-0.2, 0) is 9.59 Å². The molecule has 2 aromatic rings. The number of nitrogens with one attached hydrogen (secondary N) is 1. The van der Waals surface area contributed by atoms with Crippen LogP contribution in [0, 0.1) is 11.6 Å². The molecule has 1 heterocycles. The minimum Gasteiger partial charge on any atom is -0.350 e. The molecule has 0 spiro atoms. The standard InChI is InChI=1S/C18H13ClF2N2O2/c1-2-23-17(24)15(10-3-5-11(19)6-4-10)16(18(23)25)22-12-7-8-13(20)14(21)9-12/h3-9,22H,2H2,1H3. The Kier molecular flexibility index (Phi) is 4.55. The molecule has 2 amide bonds. The third-order valence-corrected chi connectivity index (χ3v) is 4.06. The highest BCUT2D eigenvalue weighted by molar-refractivity contribution is 6.36. The first-order valence-electron chi connectivity index (χ1n) is 7.51. The number of hydrogen-bond donors (Lipinski definition) is 1. The van der Waals surface area contributed by atoms with Gasteiger partial charge in [-0.05, 0) is 36.8 Å². The van der Waals surface area contributed by atoms with E-state index >= 15 is 0 Å². The Balaban J connectivity index is 2.08. The molecular formula is C18H13ClF2N2O2. The highest BCUT2D eigenvalue weighted by Crippen LogP contribution is 2.31. The molecule has 1 aliphatic rings. The number of carbonyl (C=O) groups excluding carboxylic acids is 2. The van der Waals surface area contributed by atoms with Crippen LogP contribution in [-0.4, -0.2) is 23.3 Å². The van der Waals surface area contributed by atoms with Gasteiger partial charge in [-0.25, -0.2) is 8.78 Å². The van der Waals surface area contributed by atoms with Gasteiger partial charge in [0.15, 0.2) is 11.6 Å². The minimum atomic E-state index is -1.05. The molecule has 3 rings (SSSR count). The number of carbonyl (C=O) groups is 2. The summed E-state index contributed by atoms with van der Waals surface area (Å²) < 4.78 is 26.5. The first-order valence-corrected chi connectivity index (χ1v) is 7.88. The number of nitrogens with zero attached hydrogens (tertiary/aromatic N) is 1. The highest BCUT2D eigenvalue weighted by Gasteiger charge is 2.38. The second-order valence-corrected chi connectivity index (χ2v) is 5.80. The van der Waals surface area contributed by atoms with Crippen LogP contribution in [0.3, 0.4) is 0 Å². The molecule has 1 N–H and O–H groups in total. The predicted molar refractivity (Wildman–Crippen MR) is 90.7 cm³/mol. The van der Waals surface area contributed by atoms with Crippen LogP contribution in [0.25, 0.3) is 5.57 Å². The van der Waals surface area contributed by atoms with Crippen molar-refractivity contribution in [3.63, 3.8) is 0 Å². The summed E-state index contributed by atoms with van der Waals surface area (Å²) in [5, 5.41) is 3.23. The number of rotatable bonds is 4. The molecule has 0 fully saturated rings. The Labute approximate surface area is 147 Å². The Bertz CT molecular complexity index is 894. The summed E-state index contributed by atoms with van der Waals surface area (Å²) in [4.78, 5) is 26.2. The first kappa shape index (κ1) is 17.1. The van der Waals surface area contributed by atoms with Gasteiger partial charge in [-0.15, -0.1) is 0 Å². The van der Waals surface area contributed by atoms with Crippen LogP contribution in [0.1, 0.15) is 12.5 Å². The summed E-state index contributed by atoms with van der Waals surface area (Å²) in [5.74, 6) is -3.04. The second kappa shape index (κ2) is 6.64. The van der Waals surface area contributed by atoms with Crippen molar-refractivity contribution in [1.82, 2.24) is 4.90 Å². The maximum absolute atomic E-state index is 13.4. The van der Waals surface area contributed by atoms with Gasteiger partial charge in [0.05, 0.1) is 5.57 Å². The Morgan fingerprint density at radius 2 is 1.68 bits per heavy atom. The molecule has 1 aliphatic heterocycles. The molecule has 0 atom stereocenters. The molecule has 0 radical (unpaired) electrons. The van der Waals surface area contributed by atoms with Crippen molar-refractivity contribution < 1.29 is 18.4 Å².